The maximum Gasteiger partial charge on any atom is 0.501 e. The number of halogens is 4. The number of ether oxygens (including phenoxy) is 1. The summed E-state index contributed by atoms with van der Waals surface area (Å²) in [5.41, 5.74) is -0.0333. The zero-order valence-corrected chi connectivity index (χ0v) is 53.8. The van der Waals surface area contributed by atoms with Crippen LogP contribution in [-0.4, -0.2) is 161 Å². The average molecular weight is 1330 g/mol. The standard InChI is InChI=1S/C66H75ClF3N9O9S3/c1-65(43-72-58(80)13-6-3-7-29-71-55-12-8-11-53-60(55)64(85)79(63(53)84)56-24-25-59(81)74-62(56)83)28-26-52(44-14-18-47(67)19-15-44)46(40-65)41-77-31-33-78(34-32-77)49-20-16-45(17-21-49)61(82)75-90-51-22-23-54(57(39-51)91(86,87)66(68,69)70)73-48(27-30-76-35-37-88-38-36-76)42-89-50-9-4-2-5-10-50/h2,4-5,8-12,14-23,39,48,56,71,73H,3,6-7,13,24-38,40-43H2,1H3,(H,72,80)(H,75,82)(H,74,81,83)/t48-,56?,65?/m1/s1. The summed E-state index contributed by atoms with van der Waals surface area (Å²) in [5, 5.41) is 12.5. The molecule has 0 bridgehead atoms. The number of amides is 6. The summed E-state index contributed by atoms with van der Waals surface area (Å²) in [7, 11) is -5.81. The summed E-state index contributed by atoms with van der Waals surface area (Å²) in [6.07, 6.45) is 5.64. The van der Waals surface area contributed by atoms with Gasteiger partial charge in [-0.25, -0.2) is 8.42 Å². The number of alkyl halides is 3. The molecule has 1 aliphatic carbocycles. The minimum Gasteiger partial charge on any atom is -0.384 e. The van der Waals surface area contributed by atoms with Crippen molar-refractivity contribution >= 4 is 103 Å². The third-order valence-corrected chi connectivity index (χ3v) is 21.1. The number of hydrogen-bond donors (Lipinski definition) is 5. The van der Waals surface area contributed by atoms with Crippen molar-refractivity contribution in [1.29, 1.82) is 0 Å². The predicted molar refractivity (Wildman–Crippen MR) is 348 cm³/mol. The molecule has 10 rings (SSSR count). The number of hydrogen-bond acceptors (Lipinski definition) is 16. The summed E-state index contributed by atoms with van der Waals surface area (Å²) in [6.45, 7) is 10.3. The van der Waals surface area contributed by atoms with Gasteiger partial charge < -0.3 is 25.6 Å². The van der Waals surface area contributed by atoms with Crippen molar-refractivity contribution in [1.82, 2.24) is 30.1 Å². The number of nitrogens with zero attached hydrogens (tertiary/aromatic N) is 4. The first-order chi connectivity index (χ1) is 43.7. The number of thioether (sulfide) groups is 1. The molecule has 6 amide bonds. The number of sulfone groups is 1. The number of carbonyl (C=O) groups excluding carboxylic acids is 6. The number of allylic oxidation sites excluding steroid dienone is 1. The van der Waals surface area contributed by atoms with E-state index < -0.39 is 61.9 Å². The smallest absolute Gasteiger partial charge is 0.384 e. The van der Waals surface area contributed by atoms with Gasteiger partial charge in [0.15, 0.2) is 0 Å². The van der Waals surface area contributed by atoms with Gasteiger partial charge in [-0.2, -0.15) is 13.2 Å². The van der Waals surface area contributed by atoms with Gasteiger partial charge in [-0.3, -0.25) is 53.5 Å². The van der Waals surface area contributed by atoms with Crippen LogP contribution in [0, 0.1) is 5.41 Å². The highest BCUT2D eigenvalue weighted by molar-refractivity contribution is 7.99. The first kappa shape index (κ1) is 67.0. The highest BCUT2D eigenvalue weighted by atomic mass is 35.5. The molecule has 4 aliphatic heterocycles. The molecule has 0 saturated carbocycles. The largest absolute Gasteiger partial charge is 0.501 e. The van der Waals surface area contributed by atoms with Crippen molar-refractivity contribution in [2.45, 2.75) is 103 Å². The molecule has 3 atom stereocenters. The van der Waals surface area contributed by atoms with Crippen molar-refractivity contribution in [2.24, 2.45) is 5.41 Å². The van der Waals surface area contributed by atoms with Crippen molar-refractivity contribution < 1.29 is 55.1 Å². The fourth-order valence-corrected chi connectivity index (χ4v) is 15.0. The van der Waals surface area contributed by atoms with E-state index in [9.17, 15) is 50.4 Å². The van der Waals surface area contributed by atoms with Gasteiger partial charge in [-0.15, -0.1) is 11.8 Å². The van der Waals surface area contributed by atoms with Crippen molar-refractivity contribution in [2.75, 3.05) is 99.9 Å². The number of benzene rings is 5. The Morgan fingerprint density at radius 3 is 2.29 bits per heavy atom. The Hall–Kier alpha value is -6.93. The molecule has 5 aliphatic rings. The lowest BCUT2D eigenvalue weighted by Crippen LogP contribution is -2.54. The van der Waals surface area contributed by atoms with E-state index in [1.54, 1.807) is 30.3 Å². The van der Waals surface area contributed by atoms with E-state index in [4.69, 9.17) is 16.3 Å². The summed E-state index contributed by atoms with van der Waals surface area (Å²) >= 11 is 8.59. The maximum atomic E-state index is 14.3. The van der Waals surface area contributed by atoms with Crippen molar-refractivity contribution in [3.05, 3.63) is 148 Å². The third kappa shape index (κ3) is 17.0. The highest BCUT2D eigenvalue weighted by Gasteiger charge is 2.49. The fraction of sp³-hybridized carbons (Fsp3) is 0.424. The second-order valence-electron chi connectivity index (χ2n) is 23.9. The lowest BCUT2D eigenvalue weighted by atomic mass is 9.71. The Bertz CT molecular complexity index is 3610. The van der Waals surface area contributed by atoms with Crippen LogP contribution in [0.1, 0.15) is 108 Å². The number of anilines is 3. The average Bonchev–Trinajstić information content (AvgIpc) is 1.69. The first-order valence-electron chi connectivity index (χ1n) is 30.8. The normalized spacial score (nSPS) is 19.7. The molecule has 18 nitrogen and oxygen atoms in total. The highest BCUT2D eigenvalue weighted by Crippen LogP contribution is 2.44. The fourth-order valence-electron chi connectivity index (χ4n) is 12.2. The van der Waals surface area contributed by atoms with E-state index in [-0.39, 0.29) is 45.9 Å². The number of imide groups is 2. The molecule has 2 unspecified atom stereocenters. The Labute approximate surface area is 542 Å². The van der Waals surface area contributed by atoms with Gasteiger partial charge in [0.2, 0.25) is 17.7 Å². The number of unbranched alkanes of at least 4 members (excludes halogenated alkanes) is 2. The number of nitrogens with one attached hydrogen (secondary N) is 5. The van der Waals surface area contributed by atoms with Gasteiger partial charge in [-0.1, -0.05) is 66.9 Å². The van der Waals surface area contributed by atoms with Gasteiger partial charge in [0.05, 0.1) is 30.0 Å². The second-order valence-corrected chi connectivity index (χ2v) is 28.2. The zero-order valence-electron chi connectivity index (χ0n) is 50.6. The van der Waals surface area contributed by atoms with E-state index in [2.05, 4.69) is 59.7 Å². The number of piperidine rings is 1. The van der Waals surface area contributed by atoms with Crippen LogP contribution < -0.4 is 30.9 Å². The Morgan fingerprint density at radius 2 is 1.56 bits per heavy atom. The lowest BCUT2D eigenvalue weighted by Gasteiger charge is -2.41. The first-order valence-corrected chi connectivity index (χ1v) is 34.4. The molecule has 25 heteroatoms. The number of rotatable bonds is 26. The van der Waals surface area contributed by atoms with E-state index in [1.165, 1.54) is 35.0 Å². The Morgan fingerprint density at radius 1 is 0.813 bits per heavy atom. The molecule has 3 saturated heterocycles. The second kappa shape index (κ2) is 30.2. The van der Waals surface area contributed by atoms with Gasteiger partial charge >= 0.3 is 5.51 Å². The predicted octanol–water partition coefficient (Wildman–Crippen LogP) is 10.3. The molecular formula is C66H75ClF3N9O9S3. The van der Waals surface area contributed by atoms with Crippen LogP contribution >= 0.6 is 35.3 Å². The number of morpholine rings is 1. The quantitative estimate of drug-likeness (QED) is 0.0150. The molecule has 0 spiro atoms. The van der Waals surface area contributed by atoms with Crippen molar-refractivity contribution in [3.8, 4) is 0 Å². The van der Waals surface area contributed by atoms with Gasteiger partial charge in [0, 0.05) is 122 Å². The molecule has 91 heavy (non-hydrogen) atoms. The van der Waals surface area contributed by atoms with Crippen LogP contribution in [0.3, 0.4) is 0 Å². The van der Waals surface area contributed by atoms with E-state index in [1.807, 2.05) is 54.6 Å². The van der Waals surface area contributed by atoms with Crippen LogP contribution in [0.25, 0.3) is 5.57 Å². The molecule has 0 radical (unpaired) electrons. The van der Waals surface area contributed by atoms with Gasteiger partial charge in [-0.05, 0) is 152 Å². The van der Waals surface area contributed by atoms with E-state index >= 15 is 0 Å². The number of carbonyl (C=O) groups is 6. The van der Waals surface area contributed by atoms with E-state index in [0.717, 1.165) is 111 Å². The lowest BCUT2D eigenvalue weighted by molar-refractivity contribution is -0.136. The van der Waals surface area contributed by atoms with Crippen LogP contribution in [0.4, 0.5) is 30.2 Å². The molecule has 5 N–H and O–H groups in total. The molecular weight excluding hydrogens is 1250 g/mol. The summed E-state index contributed by atoms with van der Waals surface area (Å²) in [5.74, 6) is -2.29. The molecule has 5 aromatic carbocycles. The molecule has 3 fully saturated rings. The minimum absolute atomic E-state index is 0.0187. The van der Waals surface area contributed by atoms with Crippen LogP contribution in [0.2, 0.25) is 5.02 Å². The minimum atomic E-state index is -5.81. The van der Waals surface area contributed by atoms with Crippen LogP contribution in [0.5, 0.6) is 0 Å². The molecule has 484 valence electrons. The molecule has 4 heterocycles. The maximum absolute atomic E-state index is 14.3. The SMILES string of the molecule is CC1(CNC(=O)CCCCCNc2cccc3c2C(=O)N(C2CCC(=O)NC2=O)C3=O)CCC(c2ccc(Cl)cc2)=C(CN2CCN(c3ccc(C(=O)NSc4ccc(N[C@H](CCN5CCOCC5)CSc5ccccc5)c(S(=O)(=O)C(F)(F)F)c4)cc3)CC2)C1. The topological polar surface area (TPSA) is 219 Å². The van der Waals surface area contributed by atoms with Crippen molar-refractivity contribution in [3.63, 3.8) is 0 Å². The Kier molecular flexibility index (Phi) is 22.2. The number of fused-ring (bicyclic) bond motifs is 1. The monoisotopic (exact) mass is 1330 g/mol. The zero-order chi connectivity index (χ0) is 64.3. The van der Waals surface area contributed by atoms with Crippen LogP contribution in [0.15, 0.2) is 136 Å². The van der Waals surface area contributed by atoms with Gasteiger partial charge in [0.1, 0.15) is 10.9 Å². The summed E-state index contributed by atoms with van der Waals surface area (Å²) in [4.78, 5) is 85.9. The molecule has 5 aromatic rings. The summed E-state index contributed by atoms with van der Waals surface area (Å²) in [6, 6.07) is 31.9. The van der Waals surface area contributed by atoms with E-state index in [0.29, 0.717) is 80.6 Å². The summed E-state index contributed by atoms with van der Waals surface area (Å²) < 4.78 is 77.3. The third-order valence-electron chi connectivity index (χ3n) is 17.4. The van der Waals surface area contributed by atoms with Crippen LogP contribution in [-0.2, 0) is 29.0 Å². The molecule has 0 aromatic heterocycles. The Balaban J connectivity index is 0.693. The van der Waals surface area contributed by atoms with Gasteiger partial charge in [0.25, 0.3) is 27.6 Å². The number of piperazine rings is 1.